The van der Waals surface area contributed by atoms with E-state index >= 15 is 0 Å². The molecule has 0 radical (unpaired) electrons. The molecule has 0 amide bonds. The van der Waals surface area contributed by atoms with Gasteiger partial charge in [-0.1, -0.05) is 83.9 Å². The quantitative estimate of drug-likeness (QED) is 0.715. The molecule has 3 nitrogen and oxygen atoms in total. The molecule has 142 valence electrons. The zero-order valence-electron chi connectivity index (χ0n) is 15.3. The van der Waals surface area contributed by atoms with Crippen molar-refractivity contribution < 1.29 is 9.46 Å². The number of likely N-dealkylation sites (N-methyl/N-ethyl adjacent to an activating group) is 1. The van der Waals surface area contributed by atoms with E-state index in [0.717, 1.165) is 37.3 Å². The van der Waals surface area contributed by atoms with Crippen LogP contribution in [0.25, 0.3) is 10.1 Å². The number of quaternary nitrogens is 1. The van der Waals surface area contributed by atoms with Crippen molar-refractivity contribution >= 4 is 40.6 Å². The Bertz CT molecular complexity index is 801. The number of benzene rings is 2. The lowest BCUT2D eigenvalue weighted by Crippen LogP contribution is -3.11. The van der Waals surface area contributed by atoms with Gasteiger partial charge < -0.3 is 4.90 Å². The van der Waals surface area contributed by atoms with Gasteiger partial charge in [0.15, 0.2) is 7.29 Å². The van der Waals surface area contributed by atoms with E-state index in [1.807, 2.05) is 65.3 Å². The third kappa shape index (κ3) is 5.34. The first-order valence-corrected chi connectivity index (χ1v) is 11.6. The summed E-state index contributed by atoms with van der Waals surface area (Å²) in [6.45, 7) is 3.37. The molecule has 0 spiro atoms. The third-order valence-electron chi connectivity index (χ3n) is 4.73. The lowest BCUT2D eigenvalue weighted by atomic mass is 10.2. The highest BCUT2D eigenvalue weighted by molar-refractivity contribution is 7.68. The molecule has 1 unspecified atom stereocenters. The molecule has 1 aliphatic rings. The second kappa shape index (κ2) is 9.23. The van der Waals surface area contributed by atoms with Crippen molar-refractivity contribution in [2.75, 3.05) is 33.2 Å². The Morgan fingerprint density at radius 1 is 0.889 bits per heavy atom. The molecule has 2 aromatic rings. The number of nitrogens with zero attached hydrogens (tertiary/aromatic N) is 1. The lowest BCUT2D eigenvalue weighted by Gasteiger charge is -2.33. The van der Waals surface area contributed by atoms with E-state index in [1.54, 1.807) is 11.6 Å². The van der Waals surface area contributed by atoms with Gasteiger partial charge >= 0.3 is 0 Å². The van der Waals surface area contributed by atoms with Gasteiger partial charge in [-0.3, -0.25) is 4.57 Å². The molecule has 0 saturated carbocycles. The molecule has 1 fully saturated rings. The number of hydrogen-bond donors (Lipinski definition) is 1. The minimum atomic E-state index is -3.03. The first kappa shape index (κ1) is 20.4. The Morgan fingerprint density at radius 2 is 1.30 bits per heavy atom. The molecule has 3 rings (SSSR count). The highest BCUT2D eigenvalue weighted by atomic mass is 35.5. The van der Waals surface area contributed by atoms with E-state index in [-0.39, 0.29) is 0 Å². The van der Waals surface area contributed by atoms with Crippen LogP contribution in [-0.4, -0.2) is 37.9 Å². The van der Waals surface area contributed by atoms with Crippen LogP contribution in [-0.2, 0) is 4.57 Å². The summed E-state index contributed by atoms with van der Waals surface area (Å²) in [7, 11) is -0.878. The van der Waals surface area contributed by atoms with Crippen molar-refractivity contribution in [3.8, 4) is 0 Å². The van der Waals surface area contributed by atoms with E-state index < -0.39 is 7.29 Å². The average Bonchev–Trinajstić information content (AvgIpc) is 2.69. The molecule has 27 heavy (non-hydrogen) atoms. The summed E-state index contributed by atoms with van der Waals surface area (Å²) in [5.41, 5.74) is 1.70. The number of nitrogens with one attached hydrogen (secondary N) is 1. The maximum absolute atomic E-state index is 14.0. The molecule has 6 heteroatoms. The van der Waals surface area contributed by atoms with E-state index in [1.165, 1.54) is 4.90 Å². The number of halogens is 2. The highest BCUT2D eigenvalue weighted by Crippen LogP contribution is 2.56. The minimum absolute atomic E-state index is 0.485. The zero-order valence-corrected chi connectivity index (χ0v) is 17.7. The molecule has 2 aromatic carbocycles. The number of piperazine rings is 1. The van der Waals surface area contributed by atoms with Crippen LogP contribution < -0.4 is 4.90 Å². The second-order valence-electron chi connectivity index (χ2n) is 6.77. The van der Waals surface area contributed by atoms with Crippen LogP contribution in [0.5, 0.6) is 0 Å². The molecule has 1 saturated heterocycles. The summed E-state index contributed by atoms with van der Waals surface area (Å²) in [5.74, 6) is 3.38. The summed E-state index contributed by atoms with van der Waals surface area (Å²) < 4.78 is 16.1. The lowest BCUT2D eigenvalue weighted by molar-refractivity contribution is -0.883. The van der Waals surface area contributed by atoms with Gasteiger partial charge in [0.1, 0.15) is 0 Å². The molecule has 1 atom stereocenters. The smallest absolute Gasteiger partial charge is 0.196 e. The van der Waals surface area contributed by atoms with Gasteiger partial charge in [0.05, 0.1) is 43.3 Å². The molecular weight excluding hydrogens is 398 g/mol. The molecule has 1 N–H and O–H groups in total. The van der Waals surface area contributed by atoms with Crippen LogP contribution in [0.1, 0.15) is 11.1 Å². The minimum Gasteiger partial charge on any atom is -0.335 e. The van der Waals surface area contributed by atoms with Crippen LogP contribution in [0.2, 0.25) is 0 Å². The summed E-state index contributed by atoms with van der Waals surface area (Å²) in [4.78, 5) is 1.44. The van der Waals surface area contributed by atoms with Crippen LogP contribution in [0.15, 0.2) is 72.3 Å². The largest absolute Gasteiger partial charge is 0.335 e. The Labute approximate surface area is 171 Å². The van der Waals surface area contributed by atoms with Crippen molar-refractivity contribution in [3.05, 3.63) is 83.4 Å². The number of hydrogen-bond acceptors (Lipinski definition) is 1. The maximum atomic E-state index is 14.0. The topological polar surface area (TPSA) is 24.8 Å². The van der Waals surface area contributed by atoms with Gasteiger partial charge in [0.25, 0.3) is 0 Å². The first-order valence-electron chi connectivity index (χ1n) is 9.02. The summed E-state index contributed by atoms with van der Waals surface area (Å²) in [6, 6.07) is 19.2. The summed E-state index contributed by atoms with van der Waals surface area (Å²) in [5, 5.41) is 0.970. The highest BCUT2D eigenvalue weighted by Gasteiger charge is 2.31. The number of rotatable bonds is 5. The Kier molecular flexibility index (Phi) is 6.97. The first-order chi connectivity index (χ1) is 13.0. The van der Waals surface area contributed by atoms with Crippen LogP contribution >= 0.6 is 30.5 Å². The fourth-order valence-corrected chi connectivity index (χ4v) is 6.32. The van der Waals surface area contributed by atoms with E-state index in [4.69, 9.17) is 23.2 Å². The summed E-state index contributed by atoms with van der Waals surface area (Å²) >= 11 is 13.1. The fourth-order valence-electron chi connectivity index (χ4n) is 3.06. The fraction of sp³-hybridized carbons (Fsp3) is 0.238. The van der Waals surface area contributed by atoms with Gasteiger partial charge in [-0.05, 0) is 11.1 Å². The predicted octanol–water partition coefficient (Wildman–Crippen LogP) is 4.57. The van der Waals surface area contributed by atoms with Crippen molar-refractivity contribution in [1.29, 1.82) is 0 Å². The van der Waals surface area contributed by atoms with E-state index in [9.17, 15) is 4.57 Å². The van der Waals surface area contributed by atoms with Crippen molar-refractivity contribution in [1.82, 2.24) is 4.67 Å². The van der Waals surface area contributed by atoms with Gasteiger partial charge in [-0.25, -0.2) is 4.67 Å². The monoisotopic (exact) mass is 421 g/mol. The van der Waals surface area contributed by atoms with Crippen LogP contribution in [0, 0.1) is 0 Å². The molecule has 0 aromatic heterocycles. The van der Waals surface area contributed by atoms with Crippen molar-refractivity contribution in [2.24, 2.45) is 0 Å². The zero-order chi connectivity index (χ0) is 19.3. The molecular formula is C21H24Cl2N2OP+. The van der Waals surface area contributed by atoms with E-state index in [2.05, 4.69) is 7.05 Å². The van der Waals surface area contributed by atoms with Crippen LogP contribution in [0.3, 0.4) is 0 Å². The SMILES string of the molecule is C[NH+]1CCN(P(=O)(/C=C(\Cl)c2ccccc2)/C=C(/Cl)c2ccccc2)CC1. The van der Waals surface area contributed by atoms with E-state index in [0.29, 0.717) is 10.1 Å². The Morgan fingerprint density at radius 3 is 1.70 bits per heavy atom. The predicted molar refractivity (Wildman–Crippen MR) is 116 cm³/mol. The van der Waals surface area contributed by atoms with Gasteiger partial charge in [-0.15, -0.1) is 0 Å². The van der Waals surface area contributed by atoms with Crippen molar-refractivity contribution in [2.45, 2.75) is 0 Å². The van der Waals surface area contributed by atoms with Crippen LogP contribution in [0.4, 0.5) is 0 Å². The average molecular weight is 422 g/mol. The van der Waals surface area contributed by atoms with Gasteiger partial charge in [-0.2, -0.15) is 0 Å². The third-order valence-corrected chi connectivity index (χ3v) is 8.23. The normalized spacial score (nSPS) is 19.7. The Hall–Kier alpha value is -1.35. The summed E-state index contributed by atoms with van der Waals surface area (Å²) in [6.07, 6.45) is 0. The van der Waals surface area contributed by atoms with Crippen molar-refractivity contribution in [3.63, 3.8) is 0 Å². The van der Waals surface area contributed by atoms with Gasteiger partial charge in [0.2, 0.25) is 0 Å². The molecule has 0 bridgehead atoms. The molecule has 1 heterocycles. The Balaban J connectivity index is 2.00. The standard InChI is InChI=1S/C21H23Cl2N2OP/c1-24-12-14-25(15-13-24)27(26,16-20(22)18-8-4-2-5-9-18)17-21(23)19-10-6-3-7-11-19/h2-11,16-17H,12-15H2,1H3/p+1/b20-16-,21-17+. The van der Waals surface area contributed by atoms with Gasteiger partial charge in [0, 0.05) is 11.6 Å². The maximum Gasteiger partial charge on any atom is 0.196 e. The second-order valence-corrected chi connectivity index (χ2v) is 10.0. The molecule has 1 aliphatic heterocycles. The molecule has 0 aliphatic carbocycles.